The molecule has 5 nitrogen and oxygen atoms in total. The van der Waals surface area contributed by atoms with Crippen LogP contribution in [0.4, 0.5) is 4.39 Å². The molecule has 148 valence electrons. The van der Waals surface area contributed by atoms with Crippen LogP contribution in [0.15, 0.2) is 65.1 Å². The van der Waals surface area contributed by atoms with Crippen LogP contribution in [-0.4, -0.2) is 23.3 Å². The van der Waals surface area contributed by atoms with E-state index < -0.39 is 0 Å². The molecule has 2 heterocycles. The van der Waals surface area contributed by atoms with E-state index in [0.717, 1.165) is 24.1 Å². The number of hydrogen-bond donors (Lipinski definition) is 1. The number of nitrogens with zero attached hydrogens (tertiary/aromatic N) is 1. The highest BCUT2D eigenvalue weighted by Gasteiger charge is 2.20. The summed E-state index contributed by atoms with van der Waals surface area (Å²) >= 11 is 0. The number of rotatable bonds is 6. The summed E-state index contributed by atoms with van der Waals surface area (Å²) < 4.78 is 18.8. The summed E-state index contributed by atoms with van der Waals surface area (Å²) in [6, 6.07) is 16.9. The van der Waals surface area contributed by atoms with Crippen molar-refractivity contribution >= 4 is 11.8 Å². The van der Waals surface area contributed by atoms with Crippen molar-refractivity contribution in [3.8, 4) is 11.3 Å². The number of halogens is 1. The molecule has 29 heavy (non-hydrogen) atoms. The highest BCUT2D eigenvalue weighted by Crippen LogP contribution is 2.22. The first-order valence-corrected chi connectivity index (χ1v) is 9.58. The van der Waals surface area contributed by atoms with Crippen molar-refractivity contribution in [3.05, 3.63) is 83.4 Å². The minimum absolute atomic E-state index is 0.185. The maximum Gasteiger partial charge on any atom is 0.251 e. The van der Waals surface area contributed by atoms with Crippen LogP contribution in [0.1, 0.15) is 34.5 Å². The minimum Gasteiger partial charge on any atom is -0.459 e. The van der Waals surface area contributed by atoms with Gasteiger partial charge in [0, 0.05) is 30.6 Å². The molecule has 4 rings (SSSR count). The molecule has 1 N–H and O–H groups in total. The summed E-state index contributed by atoms with van der Waals surface area (Å²) in [5.41, 5.74) is 2.33. The SMILES string of the molecule is O=C(NCc1ccc(-c2ccc(F)cc2)o1)c1ccc(CN2CCCC2=O)cc1. The summed E-state index contributed by atoms with van der Waals surface area (Å²) in [5, 5.41) is 2.83. The van der Waals surface area contributed by atoms with E-state index in [1.165, 1.54) is 12.1 Å². The quantitative estimate of drug-likeness (QED) is 0.686. The smallest absolute Gasteiger partial charge is 0.251 e. The fourth-order valence-corrected chi connectivity index (χ4v) is 3.36. The van der Waals surface area contributed by atoms with Gasteiger partial charge in [-0.2, -0.15) is 0 Å². The molecule has 1 aromatic heterocycles. The van der Waals surface area contributed by atoms with Gasteiger partial charge in [0.1, 0.15) is 17.3 Å². The summed E-state index contributed by atoms with van der Waals surface area (Å²) in [6.45, 7) is 1.63. The van der Waals surface area contributed by atoms with Gasteiger partial charge in [0.05, 0.1) is 6.54 Å². The van der Waals surface area contributed by atoms with Crippen molar-refractivity contribution in [2.45, 2.75) is 25.9 Å². The van der Waals surface area contributed by atoms with Gasteiger partial charge in [-0.05, 0) is 60.5 Å². The van der Waals surface area contributed by atoms with Gasteiger partial charge in [-0.15, -0.1) is 0 Å². The van der Waals surface area contributed by atoms with Gasteiger partial charge in [0.25, 0.3) is 5.91 Å². The molecule has 2 aromatic carbocycles. The third-order valence-electron chi connectivity index (χ3n) is 4.97. The van der Waals surface area contributed by atoms with E-state index >= 15 is 0 Å². The van der Waals surface area contributed by atoms with Gasteiger partial charge in [-0.1, -0.05) is 12.1 Å². The van der Waals surface area contributed by atoms with E-state index in [9.17, 15) is 14.0 Å². The standard InChI is InChI=1S/C23H21FN2O3/c24-19-9-7-17(8-10-19)21-12-11-20(29-21)14-25-23(28)18-5-3-16(4-6-18)15-26-13-1-2-22(26)27/h3-12H,1-2,13-15H2,(H,25,28). The van der Waals surface area contributed by atoms with Crippen LogP contribution in [0.3, 0.4) is 0 Å². The zero-order chi connectivity index (χ0) is 20.2. The number of nitrogens with one attached hydrogen (secondary N) is 1. The first-order chi connectivity index (χ1) is 14.1. The van der Waals surface area contributed by atoms with Gasteiger partial charge in [-0.3, -0.25) is 9.59 Å². The van der Waals surface area contributed by atoms with Crippen LogP contribution < -0.4 is 5.32 Å². The zero-order valence-corrected chi connectivity index (χ0v) is 15.9. The van der Waals surface area contributed by atoms with E-state index in [0.29, 0.717) is 30.0 Å². The second-order valence-corrected chi connectivity index (χ2v) is 7.07. The van der Waals surface area contributed by atoms with Crippen LogP contribution in [0, 0.1) is 5.82 Å². The summed E-state index contributed by atoms with van der Waals surface area (Å²) in [4.78, 5) is 25.9. The van der Waals surface area contributed by atoms with Crippen LogP contribution in [0.25, 0.3) is 11.3 Å². The van der Waals surface area contributed by atoms with Gasteiger partial charge < -0.3 is 14.6 Å². The Bertz CT molecular complexity index is 1010. The molecule has 1 saturated heterocycles. The minimum atomic E-state index is -0.300. The number of benzene rings is 2. The lowest BCUT2D eigenvalue weighted by molar-refractivity contribution is -0.128. The number of carbonyl (C=O) groups excluding carboxylic acids is 2. The Balaban J connectivity index is 1.32. The lowest BCUT2D eigenvalue weighted by atomic mass is 10.1. The third kappa shape index (κ3) is 4.54. The van der Waals surface area contributed by atoms with E-state index in [4.69, 9.17) is 4.42 Å². The van der Waals surface area contributed by atoms with Crippen LogP contribution >= 0.6 is 0 Å². The van der Waals surface area contributed by atoms with Crippen LogP contribution in [0.2, 0.25) is 0 Å². The number of hydrogen-bond acceptors (Lipinski definition) is 3. The summed E-state index contributed by atoms with van der Waals surface area (Å²) in [5.74, 6) is 0.918. The number of carbonyl (C=O) groups is 2. The molecule has 0 bridgehead atoms. The number of amides is 2. The Morgan fingerprint density at radius 2 is 1.79 bits per heavy atom. The topological polar surface area (TPSA) is 62.6 Å². The Hall–Kier alpha value is -3.41. The van der Waals surface area contributed by atoms with Crippen molar-refractivity contribution < 1.29 is 18.4 Å². The van der Waals surface area contributed by atoms with Gasteiger partial charge >= 0.3 is 0 Å². The third-order valence-corrected chi connectivity index (χ3v) is 4.97. The molecule has 3 aromatic rings. The van der Waals surface area contributed by atoms with Crippen molar-refractivity contribution in [1.29, 1.82) is 0 Å². The fraction of sp³-hybridized carbons (Fsp3) is 0.217. The van der Waals surface area contributed by atoms with Crippen molar-refractivity contribution in [2.75, 3.05) is 6.54 Å². The lowest BCUT2D eigenvalue weighted by Crippen LogP contribution is -2.24. The molecule has 0 unspecified atom stereocenters. The molecule has 1 aliphatic rings. The highest BCUT2D eigenvalue weighted by molar-refractivity contribution is 5.94. The first-order valence-electron chi connectivity index (χ1n) is 9.58. The van der Waals surface area contributed by atoms with E-state index in [-0.39, 0.29) is 24.2 Å². The lowest BCUT2D eigenvalue weighted by Gasteiger charge is -2.15. The predicted octanol–water partition coefficient (Wildman–Crippen LogP) is 4.14. The molecule has 2 amide bonds. The molecule has 1 aliphatic heterocycles. The normalized spacial score (nSPS) is 13.7. The molecule has 0 aliphatic carbocycles. The molecule has 0 saturated carbocycles. The predicted molar refractivity (Wildman–Crippen MR) is 106 cm³/mol. The average Bonchev–Trinajstić information content (AvgIpc) is 3.37. The molecular formula is C23H21FN2O3. The monoisotopic (exact) mass is 392 g/mol. The maximum absolute atomic E-state index is 13.0. The van der Waals surface area contributed by atoms with E-state index in [1.54, 1.807) is 36.4 Å². The highest BCUT2D eigenvalue weighted by atomic mass is 19.1. The van der Waals surface area contributed by atoms with Crippen molar-refractivity contribution in [1.82, 2.24) is 10.2 Å². The molecular weight excluding hydrogens is 371 g/mol. The Labute approximate surface area is 168 Å². The molecule has 0 atom stereocenters. The number of likely N-dealkylation sites (tertiary alicyclic amines) is 1. The van der Waals surface area contributed by atoms with Crippen LogP contribution in [0.5, 0.6) is 0 Å². The van der Waals surface area contributed by atoms with Crippen molar-refractivity contribution in [3.63, 3.8) is 0 Å². The average molecular weight is 392 g/mol. The summed E-state index contributed by atoms with van der Waals surface area (Å²) in [6.07, 6.45) is 1.53. The second-order valence-electron chi connectivity index (χ2n) is 7.07. The Morgan fingerprint density at radius 1 is 1.03 bits per heavy atom. The Morgan fingerprint density at radius 3 is 2.48 bits per heavy atom. The van der Waals surface area contributed by atoms with Gasteiger partial charge in [0.2, 0.25) is 5.91 Å². The molecule has 1 fully saturated rings. The second kappa shape index (κ2) is 8.31. The first kappa shape index (κ1) is 18.9. The summed E-state index contributed by atoms with van der Waals surface area (Å²) in [7, 11) is 0. The maximum atomic E-state index is 13.0. The molecule has 0 radical (unpaired) electrons. The zero-order valence-electron chi connectivity index (χ0n) is 15.9. The molecule has 0 spiro atoms. The van der Waals surface area contributed by atoms with E-state index in [2.05, 4.69) is 5.32 Å². The van der Waals surface area contributed by atoms with Gasteiger partial charge in [-0.25, -0.2) is 4.39 Å². The van der Waals surface area contributed by atoms with Crippen molar-refractivity contribution in [2.24, 2.45) is 0 Å². The fourth-order valence-electron chi connectivity index (χ4n) is 3.36. The molecule has 6 heteroatoms. The van der Waals surface area contributed by atoms with Gasteiger partial charge in [0.15, 0.2) is 0 Å². The van der Waals surface area contributed by atoms with Crippen LogP contribution in [-0.2, 0) is 17.9 Å². The largest absolute Gasteiger partial charge is 0.459 e. The number of furan rings is 1. The Kier molecular flexibility index (Phi) is 5.42. The van der Waals surface area contributed by atoms with E-state index in [1.807, 2.05) is 17.0 Å².